The van der Waals surface area contributed by atoms with Crippen molar-refractivity contribution in [3.8, 4) is 0 Å². The van der Waals surface area contributed by atoms with Gasteiger partial charge in [0.05, 0.1) is 33.0 Å². The van der Waals surface area contributed by atoms with E-state index in [-0.39, 0.29) is 0 Å². The highest BCUT2D eigenvalue weighted by molar-refractivity contribution is 7.22. The minimum atomic E-state index is 0.783. The molecule has 0 saturated carbocycles. The van der Waals surface area contributed by atoms with Gasteiger partial charge in [0.25, 0.3) is 0 Å². The minimum Gasteiger partial charge on any atom is -0.255 e. The smallest absolute Gasteiger partial charge is 0.204 e. The van der Waals surface area contributed by atoms with Crippen LogP contribution in [0.25, 0.3) is 10.2 Å². The molecule has 0 unspecified atom stereocenters. The first-order chi connectivity index (χ1) is 16.7. The van der Waals surface area contributed by atoms with E-state index in [9.17, 15) is 0 Å². The number of fused-ring (bicyclic) bond motifs is 1. The molecule has 0 saturated heterocycles. The Kier molecular flexibility index (Phi) is 7.99. The van der Waals surface area contributed by atoms with Crippen LogP contribution in [-0.2, 0) is 0 Å². The SMILES string of the molecule is C/C(=N\Nc1nc2ccccc2s1)c1ccccn1.C/C(=N\Nc1nccs1)c1ccccn1. The van der Waals surface area contributed by atoms with Gasteiger partial charge in [-0.25, -0.2) is 9.97 Å². The Labute approximate surface area is 205 Å². The molecular weight excluding hydrogens is 464 g/mol. The van der Waals surface area contributed by atoms with E-state index >= 15 is 0 Å². The van der Waals surface area contributed by atoms with Crippen molar-refractivity contribution in [1.29, 1.82) is 0 Å². The summed E-state index contributed by atoms with van der Waals surface area (Å²) in [6.45, 7) is 3.82. The van der Waals surface area contributed by atoms with Gasteiger partial charge in [0.2, 0.25) is 10.3 Å². The van der Waals surface area contributed by atoms with Gasteiger partial charge >= 0.3 is 0 Å². The van der Waals surface area contributed by atoms with Crippen LogP contribution >= 0.6 is 22.7 Å². The van der Waals surface area contributed by atoms with Gasteiger partial charge in [0.1, 0.15) is 0 Å². The fraction of sp³-hybridized carbons (Fsp3) is 0.0833. The first kappa shape index (κ1) is 23.1. The second kappa shape index (κ2) is 11.7. The van der Waals surface area contributed by atoms with Crippen LogP contribution in [0.5, 0.6) is 0 Å². The third-order valence-corrected chi connectivity index (χ3v) is 6.05. The molecule has 0 bridgehead atoms. The monoisotopic (exact) mass is 486 g/mol. The predicted molar refractivity (Wildman–Crippen MR) is 142 cm³/mol. The summed E-state index contributed by atoms with van der Waals surface area (Å²) in [5.74, 6) is 0. The number of benzene rings is 1. The highest BCUT2D eigenvalue weighted by Gasteiger charge is 2.02. The molecule has 170 valence electrons. The molecule has 0 aliphatic carbocycles. The van der Waals surface area contributed by atoms with Gasteiger partial charge < -0.3 is 0 Å². The van der Waals surface area contributed by atoms with Crippen LogP contribution in [0.3, 0.4) is 0 Å². The van der Waals surface area contributed by atoms with E-state index in [1.807, 2.05) is 79.9 Å². The third kappa shape index (κ3) is 6.50. The molecule has 0 aliphatic rings. The van der Waals surface area contributed by atoms with E-state index in [1.165, 1.54) is 11.3 Å². The van der Waals surface area contributed by atoms with Crippen LogP contribution in [0.2, 0.25) is 0 Å². The molecule has 1 aromatic carbocycles. The lowest BCUT2D eigenvalue weighted by Crippen LogP contribution is -2.01. The maximum Gasteiger partial charge on any atom is 0.204 e. The summed E-state index contributed by atoms with van der Waals surface area (Å²) >= 11 is 3.10. The van der Waals surface area contributed by atoms with Crippen molar-refractivity contribution in [2.24, 2.45) is 10.2 Å². The molecule has 0 aliphatic heterocycles. The highest BCUT2D eigenvalue weighted by atomic mass is 32.1. The number of thiazole rings is 2. The van der Waals surface area contributed by atoms with E-state index in [0.717, 1.165) is 43.3 Å². The van der Waals surface area contributed by atoms with Crippen LogP contribution in [0.4, 0.5) is 10.3 Å². The molecule has 10 heteroatoms. The number of hydrogen-bond acceptors (Lipinski definition) is 10. The maximum atomic E-state index is 4.46. The van der Waals surface area contributed by atoms with Crippen LogP contribution in [0.15, 0.2) is 94.8 Å². The third-order valence-electron chi connectivity index (χ3n) is 4.44. The molecule has 4 aromatic heterocycles. The van der Waals surface area contributed by atoms with Gasteiger partial charge in [-0.3, -0.25) is 20.8 Å². The molecule has 0 radical (unpaired) electrons. The summed E-state index contributed by atoms with van der Waals surface area (Å²) in [6.07, 6.45) is 5.24. The largest absolute Gasteiger partial charge is 0.255 e. The van der Waals surface area contributed by atoms with Gasteiger partial charge in [-0.1, -0.05) is 35.6 Å². The fourth-order valence-electron chi connectivity index (χ4n) is 2.73. The number of hydrogen-bond donors (Lipinski definition) is 2. The maximum absolute atomic E-state index is 4.46. The van der Waals surface area contributed by atoms with E-state index < -0.39 is 0 Å². The van der Waals surface area contributed by atoms with Crippen molar-refractivity contribution in [1.82, 2.24) is 19.9 Å². The first-order valence-corrected chi connectivity index (χ1v) is 12.1. The van der Waals surface area contributed by atoms with Gasteiger partial charge in [0, 0.05) is 24.0 Å². The Morgan fingerprint density at radius 1 is 0.706 bits per heavy atom. The van der Waals surface area contributed by atoms with E-state index in [2.05, 4.69) is 41.0 Å². The lowest BCUT2D eigenvalue weighted by molar-refractivity contribution is 1.23. The summed E-state index contributed by atoms with van der Waals surface area (Å²) < 4.78 is 1.15. The van der Waals surface area contributed by atoms with Crippen molar-refractivity contribution in [3.05, 3.63) is 96.0 Å². The van der Waals surface area contributed by atoms with Gasteiger partial charge in [-0.05, 0) is 50.2 Å². The highest BCUT2D eigenvalue weighted by Crippen LogP contribution is 2.25. The van der Waals surface area contributed by atoms with Crippen LogP contribution in [-0.4, -0.2) is 31.4 Å². The average Bonchev–Trinajstić information content (AvgIpc) is 3.57. The Morgan fingerprint density at radius 3 is 1.88 bits per heavy atom. The number of hydrazone groups is 2. The van der Waals surface area contributed by atoms with Gasteiger partial charge in [0.15, 0.2) is 0 Å². The number of aromatic nitrogens is 4. The van der Waals surface area contributed by atoms with Crippen LogP contribution in [0.1, 0.15) is 25.2 Å². The molecule has 8 nitrogen and oxygen atoms in total. The summed E-state index contributed by atoms with van der Waals surface area (Å²) in [6, 6.07) is 19.5. The molecule has 2 N–H and O–H groups in total. The van der Waals surface area contributed by atoms with Crippen molar-refractivity contribution in [2.45, 2.75) is 13.8 Å². The van der Waals surface area contributed by atoms with Crippen molar-refractivity contribution < 1.29 is 0 Å². The summed E-state index contributed by atoms with van der Waals surface area (Å²) in [5.41, 5.74) is 10.2. The zero-order chi connectivity index (χ0) is 23.6. The number of anilines is 2. The summed E-state index contributed by atoms with van der Waals surface area (Å²) in [5, 5.41) is 12.0. The number of nitrogens with zero attached hydrogens (tertiary/aromatic N) is 6. The first-order valence-electron chi connectivity index (χ1n) is 10.4. The van der Waals surface area contributed by atoms with Crippen LogP contribution in [0, 0.1) is 0 Å². The lowest BCUT2D eigenvalue weighted by atomic mass is 10.3. The average molecular weight is 487 g/mol. The van der Waals surface area contributed by atoms with Crippen molar-refractivity contribution in [3.63, 3.8) is 0 Å². The quantitative estimate of drug-likeness (QED) is 0.229. The van der Waals surface area contributed by atoms with Crippen molar-refractivity contribution in [2.75, 3.05) is 10.9 Å². The van der Waals surface area contributed by atoms with E-state index in [0.29, 0.717) is 0 Å². The Bertz CT molecular complexity index is 1330. The summed E-state index contributed by atoms with van der Waals surface area (Å²) in [7, 11) is 0. The topological polar surface area (TPSA) is 100 Å². The predicted octanol–water partition coefficient (Wildman–Crippen LogP) is 5.90. The fourth-order valence-corrected chi connectivity index (χ4v) is 4.01. The number of pyridine rings is 2. The molecule has 0 fully saturated rings. The summed E-state index contributed by atoms with van der Waals surface area (Å²) in [4.78, 5) is 17.0. The lowest BCUT2D eigenvalue weighted by Gasteiger charge is -1.99. The standard InChI is InChI=1S/C14H12N4S.C10H10N4S/c1-10(11-6-4-5-9-15-11)17-18-14-16-12-7-2-3-8-13(12)19-14;1-8(9-4-2-3-5-11-9)13-14-10-12-6-7-15-10/h2-9H,1H3,(H,16,18);2-7H,1H3,(H,12,14)/b17-10+;13-8+. The normalized spacial score (nSPS) is 11.6. The number of nitrogens with one attached hydrogen (secondary N) is 2. The molecular formula is C24H22N8S2. The molecule has 5 aromatic rings. The Hall–Kier alpha value is -4.02. The number of rotatable bonds is 6. The molecule has 4 heterocycles. The second-order valence-corrected chi connectivity index (χ2v) is 8.80. The van der Waals surface area contributed by atoms with Gasteiger partial charge in [-0.15, -0.1) is 11.3 Å². The molecule has 34 heavy (non-hydrogen) atoms. The molecule has 0 amide bonds. The minimum absolute atomic E-state index is 0.783. The van der Waals surface area contributed by atoms with E-state index in [4.69, 9.17) is 0 Å². The number of para-hydroxylation sites is 1. The molecule has 0 atom stereocenters. The van der Waals surface area contributed by atoms with Crippen molar-refractivity contribution >= 4 is 54.6 Å². The molecule has 0 spiro atoms. The molecule has 5 rings (SSSR count). The van der Waals surface area contributed by atoms with E-state index in [1.54, 1.807) is 29.9 Å². The zero-order valence-electron chi connectivity index (χ0n) is 18.6. The second-order valence-electron chi connectivity index (χ2n) is 6.87. The Morgan fingerprint density at radius 2 is 1.32 bits per heavy atom. The van der Waals surface area contributed by atoms with Gasteiger partial charge in [-0.2, -0.15) is 10.2 Å². The van der Waals surface area contributed by atoms with Crippen LogP contribution < -0.4 is 10.9 Å². The Balaban J connectivity index is 0.000000166. The zero-order valence-corrected chi connectivity index (χ0v) is 20.2.